The molecule has 1 aromatic rings. The molecule has 0 saturated heterocycles. The lowest BCUT2D eigenvalue weighted by Crippen LogP contribution is -2.36. The van der Waals surface area contributed by atoms with Crippen LogP contribution in [0.1, 0.15) is 6.42 Å². The van der Waals surface area contributed by atoms with Gasteiger partial charge >= 0.3 is 6.03 Å². The molecule has 0 aromatic heterocycles. The SMILES string of the molecule is C=CCNC(=O)NCCCSc1ccccc1. The van der Waals surface area contributed by atoms with Crippen LogP contribution in [-0.2, 0) is 0 Å². The standard InChI is InChI=1S/C13H18N2OS/c1-2-9-14-13(16)15-10-6-11-17-12-7-4-3-5-8-12/h2-5,7-8H,1,6,9-11H2,(H2,14,15,16). The molecule has 0 saturated carbocycles. The van der Waals surface area contributed by atoms with Crippen LogP contribution in [0.25, 0.3) is 0 Å². The van der Waals surface area contributed by atoms with Gasteiger partial charge in [0.1, 0.15) is 0 Å². The highest BCUT2D eigenvalue weighted by Gasteiger charge is 1.97. The molecule has 4 heteroatoms. The maximum Gasteiger partial charge on any atom is 0.315 e. The van der Waals surface area contributed by atoms with Crippen molar-refractivity contribution < 1.29 is 4.79 Å². The van der Waals surface area contributed by atoms with Gasteiger partial charge in [-0.05, 0) is 24.3 Å². The first-order valence-electron chi connectivity index (χ1n) is 5.63. The van der Waals surface area contributed by atoms with Crippen molar-refractivity contribution in [1.29, 1.82) is 0 Å². The van der Waals surface area contributed by atoms with Gasteiger partial charge < -0.3 is 10.6 Å². The average Bonchev–Trinajstić information content (AvgIpc) is 2.37. The van der Waals surface area contributed by atoms with Crippen LogP contribution in [0, 0.1) is 0 Å². The molecule has 92 valence electrons. The number of urea groups is 1. The number of hydrogen-bond acceptors (Lipinski definition) is 2. The summed E-state index contributed by atoms with van der Waals surface area (Å²) in [5.41, 5.74) is 0. The third-order valence-electron chi connectivity index (χ3n) is 2.03. The molecule has 0 unspecified atom stereocenters. The summed E-state index contributed by atoms with van der Waals surface area (Å²) in [5, 5.41) is 5.46. The third kappa shape index (κ3) is 6.68. The summed E-state index contributed by atoms with van der Waals surface area (Å²) in [4.78, 5) is 12.4. The van der Waals surface area contributed by atoms with Gasteiger partial charge in [0.2, 0.25) is 0 Å². The average molecular weight is 250 g/mol. The van der Waals surface area contributed by atoms with Crippen LogP contribution < -0.4 is 10.6 Å². The van der Waals surface area contributed by atoms with Crippen LogP contribution in [0.2, 0.25) is 0 Å². The fraction of sp³-hybridized carbons (Fsp3) is 0.308. The van der Waals surface area contributed by atoms with Gasteiger partial charge in [0.05, 0.1) is 0 Å². The minimum Gasteiger partial charge on any atom is -0.338 e. The van der Waals surface area contributed by atoms with Gasteiger partial charge in [0.25, 0.3) is 0 Å². The number of carbonyl (C=O) groups excluding carboxylic acids is 1. The molecule has 0 fully saturated rings. The van der Waals surface area contributed by atoms with Crippen molar-refractivity contribution in [2.75, 3.05) is 18.8 Å². The summed E-state index contributed by atoms with van der Waals surface area (Å²) in [5.74, 6) is 1.01. The monoisotopic (exact) mass is 250 g/mol. The summed E-state index contributed by atoms with van der Waals surface area (Å²) >= 11 is 1.80. The molecule has 0 aliphatic carbocycles. The Morgan fingerprint density at radius 2 is 2.06 bits per heavy atom. The number of carbonyl (C=O) groups is 1. The van der Waals surface area contributed by atoms with Crippen molar-refractivity contribution in [1.82, 2.24) is 10.6 Å². The predicted octanol–water partition coefficient (Wildman–Crippen LogP) is 2.65. The van der Waals surface area contributed by atoms with Gasteiger partial charge in [0, 0.05) is 18.0 Å². The molecule has 0 spiro atoms. The largest absolute Gasteiger partial charge is 0.338 e. The second-order valence-corrected chi connectivity index (χ2v) is 4.61. The van der Waals surface area contributed by atoms with Gasteiger partial charge in [-0.15, -0.1) is 18.3 Å². The molecular formula is C13H18N2OS. The fourth-order valence-electron chi connectivity index (χ4n) is 1.21. The summed E-state index contributed by atoms with van der Waals surface area (Å²) in [6, 6.07) is 10.1. The maximum absolute atomic E-state index is 11.2. The van der Waals surface area contributed by atoms with E-state index in [4.69, 9.17) is 0 Å². The van der Waals surface area contributed by atoms with E-state index < -0.39 is 0 Å². The second kappa shape index (κ2) is 8.70. The molecule has 1 rings (SSSR count). The van der Waals surface area contributed by atoms with E-state index in [1.165, 1.54) is 4.90 Å². The quantitative estimate of drug-likeness (QED) is 0.444. The Balaban J connectivity index is 2.01. The zero-order valence-electron chi connectivity index (χ0n) is 9.82. The molecule has 0 heterocycles. The fourth-order valence-corrected chi connectivity index (χ4v) is 2.08. The number of amides is 2. The summed E-state index contributed by atoms with van der Waals surface area (Å²) in [6.07, 6.45) is 2.62. The zero-order chi connectivity index (χ0) is 12.3. The maximum atomic E-state index is 11.2. The molecule has 2 N–H and O–H groups in total. The first kappa shape index (κ1) is 13.6. The molecule has 0 bridgehead atoms. The Kier molecular flexibility index (Phi) is 6.98. The number of nitrogens with one attached hydrogen (secondary N) is 2. The number of rotatable bonds is 7. The molecule has 0 aliphatic rings. The van der Waals surface area contributed by atoms with Gasteiger partial charge in [0.15, 0.2) is 0 Å². The Morgan fingerprint density at radius 3 is 2.76 bits per heavy atom. The highest BCUT2D eigenvalue weighted by atomic mass is 32.2. The van der Waals surface area contributed by atoms with E-state index in [1.807, 2.05) is 18.2 Å². The number of hydrogen-bond donors (Lipinski definition) is 2. The van der Waals surface area contributed by atoms with Crippen molar-refractivity contribution in [3.8, 4) is 0 Å². The van der Waals surface area contributed by atoms with Crippen LogP contribution >= 0.6 is 11.8 Å². The third-order valence-corrected chi connectivity index (χ3v) is 3.12. The van der Waals surface area contributed by atoms with Crippen LogP contribution in [0.15, 0.2) is 47.9 Å². The predicted molar refractivity (Wildman–Crippen MR) is 73.4 cm³/mol. The Labute approximate surface area is 107 Å². The van der Waals surface area contributed by atoms with E-state index in [9.17, 15) is 4.79 Å². The van der Waals surface area contributed by atoms with E-state index in [-0.39, 0.29) is 6.03 Å². The lowest BCUT2D eigenvalue weighted by atomic mass is 10.4. The first-order chi connectivity index (χ1) is 8.33. The van der Waals surface area contributed by atoms with Gasteiger partial charge in [-0.2, -0.15) is 0 Å². The summed E-state index contributed by atoms with van der Waals surface area (Å²) in [6.45, 7) is 4.73. The van der Waals surface area contributed by atoms with Crippen molar-refractivity contribution in [2.24, 2.45) is 0 Å². The Morgan fingerprint density at radius 1 is 1.29 bits per heavy atom. The second-order valence-electron chi connectivity index (χ2n) is 3.44. The van der Waals surface area contributed by atoms with Crippen molar-refractivity contribution in [3.05, 3.63) is 43.0 Å². The van der Waals surface area contributed by atoms with Crippen molar-refractivity contribution in [3.63, 3.8) is 0 Å². The van der Waals surface area contributed by atoms with E-state index in [2.05, 4.69) is 29.3 Å². The van der Waals surface area contributed by atoms with Crippen LogP contribution in [-0.4, -0.2) is 24.9 Å². The van der Waals surface area contributed by atoms with Crippen LogP contribution in [0.4, 0.5) is 4.79 Å². The molecular weight excluding hydrogens is 232 g/mol. The zero-order valence-corrected chi connectivity index (χ0v) is 10.6. The summed E-state index contributed by atoms with van der Waals surface area (Å²) < 4.78 is 0. The van der Waals surface area contributed by atoms with Crippen molar-refractivity contribution in [2.45, 2.75) is 11.3 Å². The van der Waals surface area contributed by atoms with E-state index in [1.54, 1.807) is 17.8 Å². The molecule has 2 amide bonds. The molecule has 0 aliphatic heterocycles. The molecule has 1 aromatic carbocycles. The van der Waals surface area contributed by atoms with Gasteiger partial charge in [-0.3, -0.25) is 0 Å². The minimum atomic E-state index is -0.130. The number of thioether (sulfide) groups is 1. The van der Waals surface area contributed by atoms with E-state index in [0.29, 0.717) is 13.1 Å². The topological polar surface area (TPSA) is 41.1 Å². The minimum absolute atomic E-state index is 0.130. The van der Waals surface area contributed by atoms with Gasteiger partial charge in [-0.25, -0.2) is 4.79 Å². The number of benzene rings is 1. The molecule has 0 atom stereocenters. The smallest absolute Gasteiger partial charge is 0.315 e. The lowest BCUT2D eigenvalue weighted by Gasteiger charge is -2.05. The van der Waals surface area contributed by atoms with E-state index >= 15 is 0 Å². The Bertz CT molecular complexity index is 341. The van der Waals surface area contributed by atoms with Gasteiger partial charge in [-0.1, -0.05) is 24.3 Å². The van der Waals surface area contributed by atoms with E-state index in [0.717, 1.165) is 12.2 Å². The Hall–Kier alpha value is -1.42. The van der Waals surface area contributed by atoms with Crippen LogP contribution in [0.3, 0.4) is 0 Å². The molecule has 3 nitrogen and oxygen atoms in total. The highest BCUT2D eigenvalue weighted by molar-refractivity contribution is 7.99. The first-order valence-corrected chi connectivity index (χ1v) is 6.62. The molecule has 0 radical (unpaired) electrons. The normalized spacial score (nSPS) is 9.65. The highest BCUT2D eigenvalue weighted by Crippen LogP contribution is 2.17. The van der Waals surface area contributed by atoms with Crippen molar-refractivity contribution >= 4 is 17.8 Å². The summed E-state index contributed by atoms with van der Waals surface area (Å²) in [7, 11) is 0. The lowest BCUT2D eigenvalue weighted by molar-refractivity contribution is 0.242. The van der Waals surface area contributed by atoms with Crippen LogP contribution in [0.5, 0.6) is 0 Å². The molecule has 17 heavy (non-hydrogen) atoms.